The van der Waals surface area contributed by atoms with Crippen LogP contribution in [0.5, 0.6) is 0 Å². The number of ether oxygens (including phenoxy) is 1. The first kappa shape index (κ1) is 9.51. The Morgan fingerprint density at radius 1 is 1.47 bits per heavy atom. The number of nitrogens with one attached hydrogen (secondary N) is 1. The minimum absolute atomic E-state index is 0.479. The molecule has 1 amide bonds. The molecule has 0 aliphatic carbocycles. The van der Waals surface area contributed by atoms with Gasteiger partial charge in [-0.15, -0.1) is 0 Å². The zero-order valence-corrected chi connectivity index (χ0v) is 8.52. The zero-order chi connectivity index (χ0) is 10.8. The molecule has 5 nitrogen and oxygen atoms in total. The molecule has 0 bridgehead atoms. The summed E-state index contributed by atoms with van der Waals surface area (Å²) in [5.41, 5.74) is 1.91. The molecule has 1 N–H and O–H groups in total. The smallest absolute Gasteiger partial charge is 0.412 e. The maximum absolute atomic E-state index is 10.9. The number of rotatable bonds is 1. The van der Waals surface area contributed by atoms with Gasteiger partial charge in [-0.2, -0.15) is 0 Å². The number of methoxy groups -OCH3 is 1. The van der Waals surface area contributed by atoms with Gasteiger partial charge in [0.2, 0.25) is 0 Å². The maximum Gasteiger partial charge on any atom is 0.412 e. The number of carbonyl (C=O) groups excluding carboxylic acids is 1. The molecule has 0 atom stereocenters. The lowest BCUT2D eigenvalue weighted by Crippen LogP contribution is -2.10. The third kappa shape index (κ3) is 1.90. The van der Waals surface area contributed by atoms with Crippen molar-refractivity contribution in [3.05, 3.63) is 30.1 Å². The van der Waals surface area contributed by atoms with Crippen LogP contribution in [0.4, 0.5) is 10.6 Å². The van der Waals surface area contributed by atoms with Gasteiger partial charge in [-0.1, -0.05) is 6.07 Å². The van der Waals surface area contributed by atoms with Crippen LogP contribution < -0.4 is 5.32 Å². The van der Waals surface area contributed by atoms with E-state index in [4.69, 9.17) is 0 Å². The van der Waals surface area contributed by atoms with E-state index < -0.39 is 6.09 Å². The monoisotopic (exact) mass is 205 g/mol. The van der Waals surface area contributed by atoms with Crippen LogP contribution in [0.3, 0.4) is 0 Å². The normalized spacial score (nSPS) is 10.3. The lowest BCUT2D eigenvalue weighted by atomic mass is 10.3. The highest BCUT2D eigenvalue weighted by atomic mass is 16.5. The number of hydrogen-bond acceptors (Lipinski definition) is 3. The minimum atomic E-state index is -0.518. The van der Waals surface area contributed by atoms with Crippen molar-refractivity contribution in [2.75, 3.05) is 12.4 Å². The quantitative estimate of drug-likeness (QED) is 0.772. The molecule has 2 aromatic rings. The predicted octanol–water partition coefficient (Wildman–Crippen LogP) is 1.82. The lowest BCUT2D eigenvalue weighted by molar-refractivity contribution is 0.187. The summed E-state index contributed by atoms with van der Waals surface area (Å²) in [5, 5.41) is 2.51. The third-order valence-electron chi connectivity index (χ3n) is 2.01. The number of nitrogens with zero attached hydrogens (tertiary/aromatic N) is 2. The predicted molar refractivity (Wildman–Crippen MR) is 56.0 cm³/mol. The maximum atomic E-state index is 10.9. The molecule has 0 aromatic carbocycles. The summed E-state index contributed by atoms with van der Waals surface area (Å²) in [6.45, 7) is 1.99. The molecule has 0 aliphatic heterocycles. The molecule has 2 heterocycles. The van der Waals surface area contributed by atoms with Crippen molar-refractivity contribution in [2.45, 2.75) is 6.92 Å². The summed E-state index contributed by atoms with van der Waals surface area (Å²) < 4.78 is 6.32. The number of carbonyl (C=O) groups is 1. The number of amides is 1. The van der Waals surface area contributed by atoms with Crippen LogP contribution in [0.1, 0.15) is 5.56 Å². The van der Waals surface area contributed by atoms with Crippen molar-refractivity contribution < 1.29 is 9.53 Å². The van der Waals surface area contributed by atoms with E-state index in [1.54, 1.807) is 6.20 Å². The van der Waals surface area contributed by atoms with Gasteiger partial charge in [0.1, 0.15) is 5.65 Å². The first-order valence-corrected chi connectivity index (χ1v) is 4.49. The van der Waals surface area contributed by atoms with Crippen LogP contribution in [0, 0.1) is 6.92 Å². The Morgan fingerprint density at radius 2 is 2.27 bits per heavy atom. The van der Waals surface area contributed by atoms with E-state index in [0.29, 0.717) is 5.82 Å². The van der Waals surface area contributed by atoms with Gasteiger partial charge in [0, 0.05) is 6.20 Å². The molecule has 5 heteroatoms. The molecule has 2 aromatic heterocycles. The molecule has 2 rings (SSSR count). The van der Waals surface area contributed by atoms with E-state index >= 15 is 0 Å². The van der Waals surface area contributed by atoms with Crippen molar-refractivity contribution in [3.63, 3.8) is 0 Å². The lowest BCUT2D eigenvalue weighted by Gasteiger charge is -1.96. The molecule has 0 spiro atoms. The molecule has 0 saturated heterocycles. The van der Waals surface area contributed by atoms with Crippen LogP contribution in [0.2, 0.25) is 0 Å². The molecule has 0 unspecified atom stereocenters. The highest BCUT2D eigenvalue weighted by molar-refractivity contribution is 5.83. The van der Waals surface area contributed by atoms with Gasteiger partial charge in [0.15, 0.2) is 5.82 Å². The summed E-state index contributed by atoms with van der Waals surface area (Å²) in [6, 6.07) is 3.85. The van der Waals surface area contributed by atoms with Crippen molar-refractivity contribution in [1.82, 2.24) is 9.38 Å². The van der Waals surface area contributed by atoms with Gasteiger partial charge in [0.25, 0.3) is 0 Å². The van der Waals surface area contributed by atoms with Crippen LogP contribution >= 0.6 is 0 Å². The number of hydrogen-bond donors (Lipinski definition) is 1. The number of imidazole rings is 1. The minimum Gasteiger partial charge on any atom is -0.453 e. The number of aromatic nitrogens is 2. The summed E-state index contributed by atoms with van der Waals surface area (Å²) in [7, 11) is 1.31. The van der Waals surface area contributed by atoms with Gasteiger partial charge < -0.3 is 9.14 Å². The molecule has 15 heavy (non-hydrogen) atoms. The Hall–Kier alpha value is -2.04. The Kier molecular flexibility index (Phi) is 2.29. The SMILES string of the molecule is COC(=O)Nc1cn2cc(C)ccc2n1. The van der Waals surface area contributed by atoms with E-state index in [0.717, 1.165) is 11.2 Å². The highest BCUT2D eigenvalue weighted by Gasteiger charge is 2.04. The van der Waals surface area contributed by atoms with Gasteiger partial charge in [0.05, 0.1) is 13.3 Å². The van der Waals surface area contributed by atoms with E-state index in [2.05, 4.69) is 15.0 Å². The average Bonchev–Trinajstić information content (AvgIpc) is 2.59. The molecule has 0 fully saturated rings. The Bertz CT molecular complexity index is 504. The van der Waals surface area contributed by atoms with Crippen molar-refractivity contribution in [2.24, 2.45) is 0 Å². The molecule has 0 aliphatic rings. The highest BCUT2D eigenvalue weighted by Crippen LogP contribution is 2.10. The van der Waals surface area contributed by atoms with E-state index in [1.165, 1.54) is 7.11 Å². The van der Waals surface area contributed by atoms with Gasteiger partial charge >= 0.3 is 6.09 Å². The molecular weight excluding hydrogens is 194 g/mol. The number of fused-ring (bicyclic) bond motifs is 1. The van der Waals surface area contributed by atoms with Crippen molar-refractivity contribution >= 4 is 17.6 Å². The summed E-state index contributed by atoms with van der Waals surface area (Å²) in [6.07, 6.45) is 3.15. The second-order valence-electron chi connectivity index (χ2n) is 3.21. The first-order valence-electron chi connectivity index (χ1n) is 4.49. The second kappa shape index (κ2) is 3.61. The molecule has 0 saturated carbocycles. The van der Waals surface area contributed by atoms with Crippen molar-refractivity contribution in [1.29, 1.82) is 0 Å². The first-order chi connectivity index (χ1) is 7.19. The fraction of sp³-hybridized carbons (Fsp3) is 0.200. The van der Waals surface area contributed by atoms with Gasteiger partial charge in [-0.3, -0.25) is 5.32 Å². The van der Waals surface area contributed by atoms with Crippen LogP contribution in [-0.4, -0.2) is 22.6 Å². The number of anilines is 1. The standard InChI is InChI=1S/C10H11N3O2/c1-7-3-4-9-11-8(6-13(9)5-7)12-10(14)15-2/h3-6H,1-2H3,(H,12,14). The molecule has 78 valence electrons. The van der Waals surface area contributed by atoms with E-state index in [9.17, 15) is 4.79 Å². The third-order valence-corrected chi connectivity index (χ3v) is 2.01. The van der Waals surface area contributed by atoms with Crippen LogP contribution in [-0.2, 0) is 4.74 Å². The number of aryl methyl sites for hydroxylation is 1. The molecule has 0 radical (unpaired) electrons. The van der Waals surface area contributed by atoms with E-state index in [-0.39, 0.29) is 0 Å². The average molecular weight is 205 g/mol. The Labute approximate surface area is 86.7 Å². The summed E-state index contributed by atoms with van der Waals surface area (Å²) in [5.74, 6) is 0.479. The van der Waals surface area contributed by atoms with Gasteiger partial charge in [-0.25, -0.2) is 9.78 Å². The van der Waals surface area contributed by atoms with Gasteiger partial charge in [-0.05, 0) is 18.6 Å². The second-order valence-corrected chi connectivity index (χ2v) is 3.21. The zero-order valence-electron chi connectivity index (χ0n) is 8.52. The largest absolute Gasteiger partial charge is 0.453 e. The Morgan fingerprint density at radius 3 is 3.00 bits per heavy atom. The fourth-order valence-corrected chi connectivity index (χ4v) is 1.32. The van der Waals surface area contributed by atoms with Crippen molar-refractivity contribution in [3.8, 4) is 0 Å². The Balaban J connectivity index is 2.34. The number of pyridine rings is 1. The summed E-state index contributed by atoms with van der Waals surface area (Å²) >= 11 is 0. The van der Waals surface area contributed by atoms with E-state index in [1.807, 2.05) is 29.7 Å². The topological polar surface area (TPSA) is 55.6 Å². The molecular formula is C10H11N3O2. The van der Waals surface area contributed by atoms with Crippen LogP contribution in [0.15, 0.2) is 24.5 Å². The summed E-state index contributed by atoms with van der Waals surface area (Å²) in [4.78, 5) is 15.1. The fourth-order valence-electron chi connectivity index (χ4n) is 1.32. The van der Waals surface area contributed by atoms with Crippen LogP contribution in [0.25, 0.3) is 5.65 Å².